The number of carbonyl (C=O) groups excluding carboxylic acids is 1. The van der Waals surface area contributed by atoms with Gasteiger partial charge < -0.3 is 20.3 Å². The Labute approximate surface area is 165 Å². The number of guanidine groups is 1. The Morgan fingerprint density at radius 3 is 2.44 bits per heavy atom. The van der Waals surface area contributed by atoms with Crippen molar-refractivity contribution in [2.45, 2.75) is 19.3 Å². The highest BCUT2D eigenvalue weighted by Crippen LogP contribution is 2.16. The Bertz CT molecular complexity index is 560. The molecule has 1 aliphatic heterocycles. The summed E-state index contributed by atoms with van der Waals surface area (Å²) in [6, 6.07) is 6.55. The van der Waals surface area contributed by atoms with Gasteiger partial charge >= 0.3 is 5.97 Å². The van der Waals surface area contributed by atoms with Crippen molar-refractivity contribution >= 4 is 41.6 Å². The average molecular weight is 464 g/mol. The van der Waals surface area contributed by atoms with Crippen LogP contribution in [-0.4, -0.2) is 56.7 Å². The van der Waals surface area contributed by atoms with Crippen LogP contribution in [0.15, 0.2) is 29.3 Å². The minimum atomic E-state index is -0.221. The normalized spacial score (nSPS) is 14.9. The quantitative estimate of drug-likeness (QED) is 0.230. The first-order valence-corrected chi connectivity index (χ1v) is 8.22. The van der Waals surface area contributed by atoms with E-state index in [0.29, 0.717) is 18.9 Å². The predicted molar refractivity (Wildman–Crippen MR) is 108 cm³/mol. The standard InChI is InChI=1S/C17H25FN4O2.HI/c1-24-16(23)4-2-3-9-20-17(19)22-12-10-21(11-13-22)15-7-5-14(18)6-8-15;/h5-8H,2-4,9-13H2,1H3,(H2,19,20);1H. The number of hydrogen-bond acceptors (Lipinski definition) is 4. The van der Waals surface area contributed by atoms with Gasteiger partial charge in [0.15, 0.2) is 5.96 Å². The van der Waals surface area contributed by atoms with Crippen molar-refractivity contribution < 1.29 is 13.9 Å². The lowest BCUT2D eigenvalue weighted by atomic mass is 10.2. The van der Waals surface area contributed by atoms with Crippen LogP contribution in [-0.2, 0) is 9.53 Å². The summed E-state index contributed by atoms with van der Waals surface area (Å²) in [5.74, 6) is 0.136. The fourth-order valence-electron chi connectivity index (χ4n) is 2.62. The summed E-state index contributed by atoms with van der Waals surface area (Å²) >= 11 is 0. The second-order valence-corrected chi connectivity index (χ2v) is 5.72. The SMILES string of the molecule is COC(=O)CCCCN=C(N)N1CCN(c2ccc(F)cc2)CC1.I. The number of halogens is 2. The van der Waals surface area contributed by atoms with Crippen molar-refractivity contribution in [3.63, 3.8) is 0 Å². The van der Waals surface area contributed by atoms with Gasteiger partial charge in [-0.15, -0.1) is 24.0 Å². The van der Waals surface area contributed by atoms with E-state index >= 15 is 0 Å². The lowest BCUT2D eigenvalue weighted by molar-refractivity contribution is -0.140. The minimum Gasteiger partial charge on any atom is -0.469 e. The van der Waals surface area contributed by atoms with Crippen LogP contribution in [0.25, 0.3) is 0 Å². The fraction of sp³-hybridized carbons (Fsp3) is 0.529. The zero-order valence-electron chi connectivity index (χ0n) is 14.5. The van der Waals surface area contributed by atoms with Gasteiger partial charge in [0.1, 0.15) is 5.82 Å². The fourth-order valence-corrected chi connectivity index (χ4v) is 2.62. The predicted octanol–water partition coefficient (Wildman–Crippen LogP) is 2.22. The van der Waals surface area contributed by atoms with Crippen LogP contribution in [0.1, 0.15) is 19.3 Å². The highest BCUT2D eigenvalue weighted by molar-refractivity contribution is 14.0. The van der Waals surface area contributed by atoms with Crippen molar-refractivity contribution in [3.8, 4) is 0 Å². The van der Waals surface area contributed by atoms with Gasteiger partial charge in [0.2, 0.25) is 0 Å². The molecule has 0 unspecified atom stereocenters. The summed E-state index contributed by atoms with van der Waals surface area (Å²) in [5, 5.41) is 0. The van der Waals surface area contributed by atoms with Crippen LogP contribution < -0.4 is 10.6 Å². The first-order valence-electron chi connectivity index (χ1n) is 8.22. The molecule has 25 heavy (non-hydrogen) atoms. The molecule has 2 rings (SSSR count). The van der Waals surface area contributed by atoms with Gasteiger partial charge in [-0.3, -0.25) is 9.79 Å². The third-order valence-electron chi connectivity index (χ3n) is 4.09. The number of unbranched alkanes of at least 4 members (excludes halogenated alkanes) is 1. The molecule has 8 heteroatoms. The molecule has 0 amide bonds. The molecule has 0 bridgehead atoms. The van der Waals surface area contributed by atoms with E-state index in [4.69, 9.17) is 5.73 Å². The molecule has 1 fully saturated rings. The molecule has 0 aliphatic carbocycles. The third kappa shape index (κ3) is 7.05. The minimum absolute atomic E-state index is 0. The summed E-state index contributed by atoms with van der Waals surface area (Å²) in [6.45, 7) is 3.83. The Kier molecular flexibility index (Phi) is 9.54. The van der Waals surface area contributed by atoms with Crippen LogP contribution in [0.2, 0.25) is 0 Å². The second-order valence-electron chi connectivity index (χ2n) is 5.72. The van der Waals surface area contributed by atoms with Crippen molar-refractivity contribution in [1.29, 1.82) is 0 Å². The van der Waals surface area contributed by atoms with E-state index in [0.717, 1.165) is 44.7 Å². The first-order chi connectivity index (χ1) is 11.6. The second kappa shape index (κ2) is 11.1. The van der Waals surface area contributed by atoms with Crippen molar-refractivity contribution in [1.82, 2.24) is 4.90 Å². The zero-order chi connectivity index (χ0) is 17.4. The van der Waals surface area contributed by atoms with E-state index in [-0.39, 0.29) is 35.8 Å². The van der Waals surface area contributed by atoms with Gasteiger partial charge in [-0.1, -0.05) is 0 Å². The number of ether oxygens (including phenoxy) is 1. The topological polar surface area (TPSA) is 71.2 Å². The lowest BCUT2D eigenvalue weighted by Crippen LogP contribution is -2.51. The molecule has 1 aromatic rings. The molecular formula is C17H26FIN4O2. The summed E-state index contributed by atoms with van der Waals surface area (Å²) < 4.78 is 17.6. The number of esters is 1. The Balaban J connectivity index is 0.00000312. The number of benzene rings is 1. The molecule has 0 aromatic heterocycles. The summed E-state index contributed by atoms with van der Waals surface area (Å²) in [7, 11) is 1.39. The molecule has 0 spiro atoms. The van der Waals surface area contributed by atoms with Crippen LogP contribution in [0, 0.1) is 5.82 Å². The maximum atomic E-state index is 13.0. The van der Waals surface area contributed by atoms with Crippen molar-refractivity contribution in [2.75, 3.05) is 44.7 Å². The maximum Gasteiger partial charge on any atom is 0.305 e. The molecule has 140 valence electrons. The van der Waals surface area contributed by atoms with E-state index in [2.05, 4.69) is 19.5 Å². The number of anilines is 1. The number of carbonyl (C=O) groups is 1. The smallest absolute Gasteiger partial charge is 0.305 e. The van der Waals surface area contributed by atoms with E-state index in [1.54, 1.807) is 12.1 Å². The molecule has 0 atom stereocenters. The van der Waals surface area contributed by atoms with Crippen LogP contribution in [0.3, 0.4) is 0 Å². The highest BCUT2D eigenvalue weighted by atomic mass is 127. The number of hydrogen-bond donors (Lipinski definition) is 1. The third-order valence-corrected chi connectivity index (χ3v) is 4.09. The molecule has 1 aromatic carbocycles. The molecular weight excluding hydrogens is 438 g/mol. The average Bonchev–Trinajstić information content (AvgIpc) is 2.62. The van der Waals surface area contributed by atoms with Crippen molar-refractivity contribution in [2.24, 2.45) is 10.7 Å². The lowest BCUT2D eigenvalue weighted by Gasteiger charge is -2.36. The largest absolute Gasteiger partial charge is 0.469 e. The van der Waals surface area contributed by atoms with E-state index in [9.17, 15) is 9.18 Å². The van der Waals surface area contributed by atoms with Crippen LogP contribution in [0.4, 0.5) is 10.1 Å². The highest BCUT2D eigenvalue weighted by Gasteiger charge is 2.18. The number of nitrogens with zero attached hydrogens (tertiary/aromatic N) is 3. The van der Waals surface area contributed by atoms with Gasteiger partial charge in [0, 0.05) is 44.8 Å². The number of nitrogens with two attached hydrogens (primary N) is 1. The van der Waals surface area contributed by atoms with Crippen LogP contribution >= 0.6 is 24.0 Å². The molecule has 1 saturated heterocycles. The molecule has 1 aliphatic rings. The molecule has 0 saturated carbocycles. The number of aliphatic imine (C=N–C) groups is 1. The summed E-state index contributed by atoms with van der Waals surface area (Å²) in [5.41, 5.74) is 7.06. The van der Waals surface area contributed by atoms with Gasteiger partial charge in [0.25, 0.3) is 0 Å². The van der Waals surface area contributed by atoms with Crippen molar-refractivity contribution in [3.05, 3.63) is 30.1 Å². The molecule has 0 radical (unpaired) electrons. The Morgan fingerprint density at radius 2 is 1.84 bits per heavy atom. The Morgan fingerprint density at radius 1 is 1.20 bits per heavy atom. The van der Waals surface area contributed by atoms with Gasteiger partial charge in [-0.25, -0.2) is 4.39 Å². The van der Waals surface area contributed by atoms with E-state index < -0.39 is 0 Å². The monoisotopic (exact) mass is 464 g/mol. The van der Waals surface area contributed by atoms with Gasteiger partial charge in [-0.05, 0) is 37.1 Å². The van der Waals surface area contributed by atoms with Gasteiger partial charge in [0.05, 0.1) is 7.11 Å². The molecule has 6 nitrogen and oxygen atoms in total. The summed E-state index contributed by atoms with van der Waals surface area (Å²) in [4.78, 5) is 19.6. The number of methoxy groups -OCH3 is 1. The van der Waals surface area contributed by atoms with E-state index in [1.807, 2.05) is 0 Å². The first kappa shape index (κ1) is 21.5. The zero-order valence-corrected chi connectivity index (χ0v) is 16.8. The number of rotatable bonds is 6. The molecule has 2 N–H and O–H groups in total. The maximum absolute atomic E-state index is 13.0. The van der Waals surface area contributed by atoms with Crippen LogP contribution in [0.5, 0.6) is 0 Å². The summed E-state index contributed by atoms with van der Waals surface area (Å²) in [6.07, 6.45) is 1.98. The van der Waals surface area contributed by atoms with E-state index in [1.165, 1.54) is 19.2 Å². The Hall–Kier alpha value is -1.58. The van der Waals surface area contributed by atoms with Gasteiger partial charge in [-0.2, -0.15) is 0 Å². The number of piperazine rings is 1. The molecule has 1 heterocycles.